The molecule has 0 radical (unpaired) electrons. The molecule has 3 rings (SSSR count). The lowest BCUT2D eigenvalue weighted by molar-refractivity contribution is -0.197. The van der Waals surface area contributed by atoms with Crippen LogP contribution in [-0.4, -0.2) is 61.9 Å². The van der Waals surface area contributed by atoms with Crippen molar-refractivity contribution in [2.45, 2.75) is 129 Å². The molecule has 1 N–H and O–H groups in total. The summed E-state index contributed by atoms with van der Waals surface area (Å²) in [6.45, 7) is 11.3. The molecule has 0 aromatic rings. The fourth-order valence-electron chi connectivity index (χ4n) is 5.15. The average Bonchev–Trinajstić information content (AvgIpc) is 3.32. The van der Waals surface area contributed by atoms with Gasteiger partial charge < -0.3 is 28.8 Å². The molecule has 35 heavy (non-hydrogen) atoms. The minimum atomic E-state index is -0.520. The number of aliphatic hydroxyl groups is 1. The van der Waals surface area contributed by atoms with Crippen molar-refractivity contribution in [1.82, 2.24) is 0 Å². The minimum Gasteiger partial charge on any atom is -0.390 e. The number of ether oxygens (including phenoxy) is 5. The minimum absolute atomic E-state index is 0.0643. The predicted octanol–water partition coefficient (Wildman–Crippen LogP) is 6.07. The van der Waals surface area contributed by atoms with E-state index in [1.807, 2.05) is 0 Å². The van der Waals surface area contributed by atoms with E-state index >= 15 is 0 Å². The van der Waals surface area contributed by atoms with Crippen molar-refractivity contribution in [2.24, 2.45) is 5.92 Å². The van der Waals surface area contributed by atoms with Crippen LogP contribution in [-0.2, 0) is 23.7 Å². The first-order valence-electron chi connectivity index (χ1n) is 14.0. The Bertz CT molecular complexity index is 660. The van der Waals surface area contributed by atoms with E-state index in [0.29, 0.717) is 19.1 Å². The quantitative estimate of drug-likeness (QED) is 0.332. The zero-order valence-electron chi connectivity index (χ0n) is 22.6. The maximum atomic E-state index is 10.9. The van der Waals surface area contributed by atoms with Gasteiger partial charge in [-0.2, -0.15) is 0 Å². The smallest absolute Gasteiger partial charge is 0.158 e. The Morgan fingerprint density at radius 2 is 1.89 bits per heavy atom. The van der Waals surface area contributed by atoms with Crippen molar-refractivity contribution in [1.29, 1.82) is 0 Å². The summed E-state index contributed by atoms with van der Waals surface area (Å²) < 4.78 is 29.9. The van der Waals surface area contributed by atoms with Crippen LogP contribution in [0.5, 0.6) is 0 Å². The Morgan fingerprint density at radius 3 is 2.60 bits per heavy atom. The van der Waals surface area contributed by atoms with Crippen LogP contribution in [0.3, 0.4) is 0 Å². The van der Waals surface area contributed by atoms with Crippen molar-refractivity contribution < 1.29 is 28.8 Å². The molecule has 4 unspecified atom stereocenters. The fraction of sp³-hybridized carbons (Fsp3) is 0.862. The summed E-state index contributed by atoms with van der Waals surface area (Å²) in [5.41, 5.74) is 2.01. The van der Waals surface area contributed by atoms with Gasteiger partial charge >= 0.3 is 0 Å². The third kappa shape index (κ3) is 9.90. The normalized spacial score (nSPS) is 32.8. The summed E-state index contributed by atoms with van der Waals surface area (Å²) in [6, 6.07) is 0. The van der Waals surface area contributed by atoms with Gasteiger partial charge in [-0.15, -0.1) is 0 Å². The standard InChI is InChI=1S/C29H50O6/c1-22(2)12-14-25(35-28-10-5-6-18-32-28)23(3)9-7-17-29(4)26(30)15-13-24(21-34-29)16-20-33-27-11-8-19-31-27/h12,16,23,25-28,30H,5-11,13-15,17-21H2,1-4H3/t23?,25?,26-,27?,28?,29+/m1/s1. The Morgan fingerprint density at radius 1 is 1.11 bits per heavy atom. The molecule has 3 aliphatic heterocycles. The molecule has 6 heteroatoms. The highest BCUT2D eigenvalue weighted by atomic mass is 16.7. The monoisotopic (exact) mass is 494 g/mol. The summed E-state index contributed by atoms with van der Waals surface area (Å²) >= 11 is 0. The molecule has 6 atom stereocenters. The third-order valence-electron chi connectivity index (χ3n) is 7.76. The molecule has 202 valence electrons. The zero-order valence-corrected chi connectivity index (χ0v) is 22.6. The Balaban J connectivity index is 1.46. The maximum absolute atomic E-state index is 10.9. The van der Waals surface area contributed by atoms with Crippen LogP contribution < -0.4 is 0 Å². The van der Waals surface area contributed by atoms with Gasteiger partial charge in [0.15, 0.2) is 12.6 Å². The molecule has 3 aliphatic rings. The molecule has 0 aromatic heterocycles. The van der Waals surface area contributed by atoms with E-state index in [1.165, 1.54) is 17.6 Å². The van der Waals surface area contributed by atoms with Gasteiger partial charge in [0.05, 0.1) is 31.0 Å². The summed E-state index contributed by atoms with van der Waals surface area (Å²) in [5.74, 6) is 0.410. The van der Waals surface area contributed by atoms with Gasteiger partial charge in [0.25, 0.3) is 0 Å². The second-order valence-corrected chi connectivity index (χ2v) is 11.2. The van der Waals surface area contributed by atoms with Crippen molar-refractivity contribution in [3.8, 4) is 0 Å². The van der Waals surface area contributed by atoms with E-state index in [2.05, 4.69) is 39.8 Å². The third-order valence-corrected chi connectivity index (χ3v) is 7.76. The molecule has 3 heterocycles. The first-order chi connectivity index (χ1) is 16.9. The van der Waals surface area contributed by atoms with Gasteiger partial charge in [-0.3, -0.25) is 0 Å². The van der Waals surface area contributed by atoms with Crippen LogP contribution in [0.25, 0.3) is 0 Å². The Labute approximate surface area is 213 Å². The summed E-state index contributed by atoms with van der Waals surface area (Å²) in [7, 11) is 0. The van der Waals surface area contributed by atoms with Crippen molar-refractivity contribution in [3.05, 3.63) is 23.3 Å². The second-order valence-electron chi connectivity index (χ2n) is 11.2. The summed E-state index contributed by atoms with van der Waals surface area (Å²) in [6.07, 6.45) is 14.7. The highest BCUT2D eigenvalue weighted by molar-refractivity contribution is 5.07. The van der Waals surface area contributed by atoms with Crippen LogP contribution in [0, 0.1) is 5.92 Å². The van der Waals surface area contributed by atoms with Gasteiger partial charge in [0.2, 0.25) is 0 Å². The molecule has 0 aliphatic carbocycles. The van der Waals surface area contributed by atoms with Crippen molar-refractivity contribution >= 4 is 0 Å². The van der Waals surface area contributed by atoms with E-state index in [0.717, 1.165) is 77.4 Å². The molecule has 0 saturated carbocycles. The molecule has 3 saturated heterocycles. The van der Waals surface area contributed by atoms with Crippen LogP contribution in [0.1, 0.15) is 98.3 Å². The van der Waals surface area contributed by atoms with Crippen LogP contribution in [0.4, 0.5) is 0 Å². The number of allylic oxidation sites excluding steroid dienone is 1. The van der Waals surface area contributed by atoms with Crippen molar-refractivity contribution in [3.63, 3.8) is 0 Å². The molecule has 0 bridgehead atoms. The van der Waals surface area contributed by atoms with E-state index in [4.69, 9.17) is 23.7 Å². The lowest BCUT2D eigenvalue weighted by atomic mass is 9.87. The van der Waals surface area contributed by atoms with E-state index in [-0.39, 0.29) is 18.7 Å². The molecular weight excluding hydrogens is 444 g/mol. The second kappa shape index (κ2) is 14.8. The molecule has 6 nitrogen and oxygen atoms in total. The van der Waals surface area contributed by atoms with Gasteiger partial charge in [-0.25, -0.2) is 0 Å². The van der Waals surface area contributed by atoms with Crippen LogP contribution in [0.2, 0.25) is 0 Å². The lowest BCUT2D eigenvalue weighted by Gasteiger charge is -2.34. The molecule has 0 amide bonds. The maximum Gasteiger partial charge on any atom is 0.158 e. The lowest BCUT2D eigenvalue weighted by Crippen LogP contribution is -2.41. The van der Waals surface area contributed by atoms with Gasteiger partial charge in [-0.05, 0) is 90.0 Å². The number of rotatable bonds is 12. The van der Waals surface area contributed by atoms with Gasteiger partial charge in [-0.1, -0.05) is 31.1 Å². The van der Waals surface area contributed by atoms with Crippen LogP contribution in [0.15, 0.2) is 23.3 Å². The van der Waals surface area contributed by atoms with Gasteiger partial charge in [0.1, 0.15) is 0 Å². The van der Waals surface area contributed by atoms with Crippen molar-refractivity contribution in [2.75, 3.05) is 26.4 Å². The molecule has 3 fully saturated rings. The number of hydrogen-bond acceptors (Lipinski definition) is 6. The average molecular weight is 495 g/mol. The van der Waals surface area contributed by atoms with E-state index < -0.39 is 11.7 Å². The summed E-state index contributed by atoms with van der Waals surface area (Å²) in [5, 5.41) is 10.9. The Hall–Kier alpha value is -0.760. The fourth-order valence-corrected chi connectivity index (χ4v) is 5.15. The van der Waals surface area contributed by atoms with Crippen LogP contribution >= 0.6 is 0 Å². The SMILES string of the molecule is CC(C)=CCC(OC1CCCCO1)C(C)CCC[C@]1(C)OCC(=CCOC2CCCO2)CC[C@H]1O. The first kappa shape index (κ1) is 28.8. The molecule has 0 spiro atoms. The van der Waals surface area contributed by atoms with E-state index in [9.17, 15) is 5.11 Å². The highest BCUT2D eigenvalue weighted by Gasteiger charge is 2.36. The van der Waals surface area contributed by atoms with Gasteiger partial charge in [0, 0.05) is 19.6 Å². The highest BCUT2D eigenvalue weighted by Crippen LogP contribution is 2.33. The Kier molecular flexibility index (Phi) is 12.2. The number of aliphatic hydroxyl groups excluding tert-OH is 1. The molecular formula is C29H50O6. The topological polar surface area (TPSA) is 66.4 Å². The first-order valence-corrected chi connectivity index (χ1v) is 14.0. The molecule has 0 aromatic carbocycles. The number of hydrogen-bond donors (Lipinski definition) is 1. The van der Waals surface area contributed by atoms with E-state index in [1.54, 1.807) is 0 Å². The predicted molar refractivity (Wildman–Crippen MR) is 138 cm³/mol. The zero-order chi connectivity index (χ0) is 25.1. The summed E-state index contributed by atoms with van der Waals surface area (Å²) in [4.78, 5) is 0. The largest absolute Gasteiger partial charge is 0.390 e.